The SMILES string of the molecule is Cc1cccc(NS(=O)(=O)c2ccco2)c1C(=O)O. The van der Waals surface area contributed by atoms with Gasteiger partial charge in [-0.05, 0) is 30.7 Å². The third kappa shape index (κ3) is 2.60. The van der Waals surface area contributed by atoms with Gasteiger partial charge in [0.05, 0.1) is 17.5 Å². The Morgan fingerprint density at radius 1 is 1.26 bits per heavy atom. The quantitative estimate of drug-likeness (QED) is 0.894. The fourth-order valence-electron chi connectivity index (χ4n) is 1.65. The maximum atomic E-state index is 12.0. The summed E-state index contributed by atoms with van der Waals surface area (Å²) in [4.78, 5) is 11.2. The first-order valence-corrected chi connectivity index (χ1v) is 6.79. The van der Waals surface area contributed by atoms with Crippen LogP contribution in [-0.4, -0.2) is 19.5 Å². The van der Waals surface area contributed by atoms with E-state index < -0.39 is 16.0 Å². The monoisotopic (exact) mass is 281 g/mol. The van der Waals surface area contributed by atoms with Crippen LogP contribution in [0.25, 0.3) is 0 Å². The molecule has 0 unspecified atom stereocenters. The van der Waals surface area contributed by atoms with Crippen molar-refractivity contribution in [3.05, 3.63) is 47.7 Å². The molecule has 2 aromatic rings. The van der Waals surface area contributed by atoms with E-state index in [1.807, 2.05) is 0 Å². The van der Waals surface area contributed by atoms with Gasteiger partial charge in [-0.3, -0.25) is 4.72 Å². The molecular formula is C12H11NO5S. The Morgan fingerprint density at radius 3 is 2.58 bits per heavy atom. The van der Waals surface area contributed by atoms with Crippen LogP contribution in [0, 0.1) is 6.92 Å². The summed E-state index contributed by atoms with van der Waals surface area (Å²) in [6.07, 6.45) is 1.23. The molecule has 0 radical (unpaired) electrons. The summed E-state index contributed by atoms with van der Waals surface area (Å²) in [5.41, 5.74) is 0.383. The van der Waals surface area contributed by atoms with Gasteiger partial charge in [-0.25, -0.2) is 4.79 Å². The first-order chi connectivity index (χ1) is 8.92. The van der Waals surface area contributed by atoms with Crippen molar-refractivity contribution in [1.82, 2.24) is 0 Å². The molecule has 2 rings (SSSR count). The minimum absolute atomic E-state index is 0.00361. The highest BCUT2D eigenvalue weighted by molar-refractivity contribution is 7.92. The summed E-state index contributed by atoms with van der Waals surface area (Å²) < 4.78 is 30.9. The molecule has 1 heterocycles. The molecule has 0 fully saturated rings. The summed E-state index contributed by atoms with van der Waals surface area (Å²) in [5.74, 6) is -1.20. The van der Waals surface area contributed by atoms with Crippen LogP contribution in [0.4, 0.5) is 5.69 Å². The zero-order valence-electron chi connectivity index (χ0n) is 9.95. The number of aryl methyl sites for hydroxylation is 1. The van der Waals surface area contributed by atoms with E-state index in [1.165, 1.54) is 24.5 Å². The number of anilines is 1. The maximum absolute atomic E-state index is 12.0. The van der Waals surface area contributed by atoms with Gasteiger partial charge >= 0.3 is 5.97 Å². The van der Waals surface area contributed by atoms with Crippen molar-refractivity contribution in [3.63, 3.8) is 0 Å². The number of nitrogens with one attached hydrogen (secondary N) is 1. The second-order valence-electron chi connectivity index (χ2n) is 3.84. The Labute approximate surface area is 109 Å². The predicted molar refractivity (Wildman–Crippen MR) is 67.7 cm³/mol. The molecule has 2 N–H and O–H groups in total. The molecule has 0 saturated carbocycles. The van der Waals surface area contributed by atoms with Crippen molar-refractivity contribution in [3.8, 4) is 0 Å². The lowest BCUT2D eigenvalue weighted by molar-refractivity contribution is 0.0697. The number of furan rings is 1. The zero-order chi connectivity index (χ0) is 14.0. The number of benzene rings is 1. The zero-order valence-corrected chi connectivity index (χ0v) is 10.8. The number of carboxylic acid groups (broad SMARTS) is 1. The molecule has 0 aliphatic heterocycles. The van der Waals surface area contributed by atoms with Crippen LogP contribution in [0.15, 0.2) is 46.1 Å². The van der Waals surface area contributed by atoms with Crippen molar-refractivity contribution < 1.29 is 22.7 Å². The van der Waals surface area contributed by atoms with Gasteiger partial charge in [0.25, 0.3) is 10.0 Å². The van der Waals surface area contributed by atoms with Gasteiger partial charge in [0.1, 0.15) is 0 Å². The summed E-state index contributed by atoms with van der Waals surface area (Å²) >= 11 is 0. The van der Waals surface area contributed by atoms with Crippen molar-refractivity contribution in [2.45, 2.75) is 12.0 Å². The minimum Gasteiger partial charge on any atom is -0.478 e. The van der Waals surface area contributed by atoms with Gasteiger partial charge < -0.3 is 9.52 Å². The van der Waals surface area contributed by atoms with Crippen LogP contribution in [0.2, 0.25) is 0 Å². The number of aromatic carboxylic acids is 1. The van der Waals surface area contributed by atoms with E-state index in [0.717, 1.165) is 0 Å². The normalized spacial score (nSPS) is 11.2. The molecule has 1 aromatic carbocycles. The third-order valence-electron chi connectivity index (χ3n) is 2.49. The molecular weight excluding hydrogens is 270 g/mol. The Balaban J connectivity index is 2.45. The Kier molecular flexibility index (Phi) is 3.30. The number of hydrogen-bond acceptors (Lipinski definition) is 4. The van der Waals surface area contributed by atoms with Gasteiger partial charge in [-0.15, -0.1) is 0 Å². The average molecular weight is 281 g/mol. The number of rotatable bonds is 4. The molecule has 6 nitrogen and oxygen atoms in total. The molecule has 0 aliphatic rings. The Bertz CT molecular complexity index is 704. The molecule has 0 aliphatic carbocycles. The highest BCUT2D eigenvalue weighted by Gasteiger charge is 2.21. The number of sulfonamides is 1. The van der Waals surface area contributed by atoms with E-state index in [1.54, 1.807) is 19.1 Å². The van der Waals surface area contributed by atoms with Crippen molar-refractivity contribution in [1.29, 1.82) is 0 Å². The fourth-order valence-corrected chi connectivity index (χ4v) is 2.65. The highest BCUT2D eigenvalue weighted by Crippen LogP contribution is 2.23. The maximum Gasteiger partial charge on any atom is 0.338 e. The van der Waals surface area contributed by atoms with Crippen LogP contribution >= 0.6 is 0 Å². The molecule has 7 heteroatoms. The number of carboxylic acids is 1. The van der Waals surface area contributed by atoms with Crippen LogP contribution in [0.5, 0.6) is 0 Å². The van der Waals surface area contributed by atoms with Gasteiger partial charge in [0.15, 0.2) is 0 Å². The van der Waals surface area contributed by atoms with Crippen LogP contribution in [-0.2, 0) is 10.0 Å². The van der Waals surface area contributed by atoms with Crippen molar-refractivity contribution >= 4 is 21.7 Å². The summed E-state index contributed by atoms with van der Waals surface area (Å²) in [6.45, 7) is 1.59. The topological polar surface area (TPSA) is 96.6 Å². The molecule has 0 spiro atoms. The lowest BCUT2D eigenvalue weighted by Crippen LogP contribution is -2.15. The van der Waals surface area contributed by atoms with Crippen LogP contribution in [0.1, 0.15) is 15.9 Å². The van der Waals surface area contributed by atoms with Crippen LogP contribution in [0.3, 0.4) is 0 Å². The summed E-state index contributed by atoms with van der Waals surface area (Å²) in [7, 11) is -3.92. The van der Waals surface area contributed by atoms with E-state index in [0.29, 0.717) is 5.56 Å². The first-order valence-electron chi connectivity index (χ1n) is 5.31. The molecule has 0 bridgehead atoms. The highest BCUT2D eigenvalue weighted by atomic mass is 32.2. The van der Waals surface area contributed by atoms with E-state index in [-0.39, 0.29) is 16.3 Å². The van der Waals surface area contributed by atoms with E-state index in [9.17, 15) is 13.2 Å². The smallest absolute Gasteiger partial charge is 0.338 e. The fraction of sp³-hybridized carbons (Fsp3) is 0.0833. The van der Waals surface area contributed by atoms with Gasteiger partial charge in [-0.2, -0.15) is 8.42 Å². The first kappa shape index (κ1) is 13.2. The van der Waals surface area contributed by atoms with E-state index in [2.05, 4.69) is 4.72 Å². The Hall–Kier alpha value is -2.28. The largest absolute Gasteiger partial charge is 0.478 e. The predicted octanol–water partition coefficient (Wildman–Crippen LogP) is 2.09. The third-order valence-corrected chi connectivity index (χ3v) is 3.74. The van der Waals surface area contributed by atoms with Crippen LogP contribution < -0.4 is 4.72 Å². The standard InChI is InChI=1S/C12H11NO5S/c1-8-4-2-5-9(11(8)12(14)15)13-19(16,17)10-6-3-7-18-10/h2-7,13H,1H3,(H,14,15). The second kappa shape index (κ2) is 4.77. The van der Waals surface area contributed by atoms with Crippen molar-refractivity contribution in [2.75, 3.05) is 4.72 Å². The molecule has 0 saturated heterocycles. The summed E-state index contributed by atoms with van der Waals surface area (Å²) in [5, 5.41) is 8.84. The summed E-state index contributed by atoms with van der Waals surface area (Å²) in [6, 6.07) is 7.26. The number of carbonyl (C=O) groups is 1. The molecule has 0 amide bonds. The van der Waals surface area contributed by atoms with E-state index in [4.69, 9.17) is 9.52 Å². The molecule has 100 valence electrons. The van der Waals surface area contributed by atoms with Gasteiger partial charge in [0, 0.05) is 0 Å². The van der Waals surface area contributed by atoms with E-state index >= 15 is 0 Å². The average Bonchev–Trinajstić information content (AvgIpc) is 2.81. The van der Waals surface area contributed by atoms with Gasteiger partial charge in [-0.1, -0.05) is 12.1 Å². The molecule has 0 atom stereocenters. The Morgan fingerprint density at radius 2 is 2.00 bits per heavy atom. The lowest BCUT2D eigenvalue weighted by Gasteiger charge is -2.10. The molecule has 1 aromatic heterocycles. The molecule has 19 heavy (non-hydrogen) atoms. The van der Waals surface area contributed by atoms with Gasteiger partial charge in [0.2, 0.25) is 5.09 Å². The number of hydrogen-bond donors (Lipinski definition) is 2. The second-order valence-corrected chi connectivity index (χ2v) is 5.45. The van der Waals surface area contributed by atoms with Crippen molar-refractivity contribution in [2.24, 2.45) is 0 Å². The minimum atomic E-state index is -3.92. The lowest BCUT2D eigenvalue weighted by atomic mass is 10.1.